The minimum Gasteiger partial charge on any atom is -0.436 e. The van der Waals surface area contributed by atoms with Gasteiger partial charge in [-0.25, -0.2) is 13.9 Å². The van der Waals surface area contributed by atoms with Crippen LogP contribution in [-0.4, -0.2) is 45.9 Å². The first-order chi connectivity index (χ1) is 17.5. The smallest absolute Gasteiger partial charge is 0.415 e. The summed E-state index contributed by atoms with van der Waals surface area (Å²) in [4.78, 5) is 27.0. The van der Waals surface area contributed by atoms with E-state index in [1.165, 1.54) is 41.3 Å². The summed E-state index contributed by atoms with van der Waals surface area (Å²) in [5, 5.41) is 6.04. The molecule has 0 radical (unpaired) electrons. The van der Waals surface area contributed by atoms with Crippen LogP contribution in [0.1, 0.15) is 40.4 Å². The van der Waals surface area contributed by atoms with Gasteiger partial charge in [-0.15, -0.1) is 0 Å². The first kappa shape index (κ1) is 24.9. The van der Waals surface area contributed by atoms with Gasteiger partial charge in [0.05, 0.1) is 29.0 Å². The molecule has 1 aromatic heterocycles. The zero-order valence-corrected chi connectivity index (χ0v) is 19.8. The van der Waals surface area contributed by atoms with Gasteiger partial charge >= 0.3 is 12.3 Å². The molecule has 1 fully saturated rings. The third kappa shape index (κ3) is 4.24. The van der Waals surface area contributed by atoms with E-state index >= 15 is 4.39 Å². The summed E-state index contributed by atoms with van der Waals surface area (Å²) in [5.74, 6) is -2.00. The number of nitrogens with zero attached hydrogens (tertiary/aromatic N) is 3. The Morgan fingerprint density at radius 3 is 2.65 bits per heavy atom. The van der Waals surface area contributed by atoms with Crippen LogP contribution in [0.4, 0.5) is 33.9 Å². The predicted molar refractivity (Wildman–Crippen MR) is 126 cm³/mol. The SMILES string of the molecule is Nc1c(C(=O)N2CCC[C@@]3(C2)OC(=O)Nc2ccc(Cl)c(F)c23)cnn1[C@H](c1ccccc1)C(F)(F)F. The second-order valence-electron chi connectivity index (χ2n) is 8.87. The van der Waals surface area contributed by atoms with Gasteiger partial charge in [0.1, 0.15) is 11.4 Å². The molecule has 1 saturated heterocycles. The molecule has 1 spiro atoms. The number of likely N-dealkylation sites (tertiary alicyclic amines) is 1. The molecule has 2 aromatic carbocycles. The summed E-state index contributed by atoms with van der Waals surface area (Å²) in [6.45, 7) is -0.0788. The minimum absolute atomic E-state index is 0.00183. The molecule has 5 rings (SSSR count). The Bertz CT molecular complexity index is 1380. The van der Waals surface area contributed by atoms with Crippen LogP contribution in [-0.2, 0) is 10.3 Å². The van der Waals surface area contributed by atoms with Crippen molar-refractivity contribution in [3.05, 3.63) is 76.2 Å². The first-order valence-electron chi connectivity index (χ1n) is 11.2. The van der Waals surface area contributed by atoms with Gasteiger partial charge in [0.2, 0.25) is 0 Å². The van der Waals surface area contributed by atoms with E-state index in [0.717, 1.165) is 6.20 Å². The lowest BCUT2D eigenvalue weighted by Crippen LogP contribution is -2.53. The number of aromatic nitrogens is 2. The summed E-state index contributed by atoms with van der Waals surface area (Å²) in [5.41, 5.74) is 4.30. The standard InChI is InChI=1S/C24H20ClF4N5O3/c25-15-7-8-16-17(18(15)26)23(37-22(36)32-16)9-4-10-33(12-23)21(35)14-11-31-34(20(14)30)19(24(27,28)29)13-5-2-1-3-6-13/h1-3,5-8,11,19H,4,9-10,12,30H2,(H,32,36)/t19-,23+/m1/s1. The maximum absolute atomic E-state index is 15.1. The van der Waals surface area contributed by atoms with Crippen LogP contribution in [0.2, 0.25) is 5.02 Å². The number of halogens is 5. The molecule has 3 heterocycles. The zero-order chi connectivity index (χ0) is 26.5. The fourth-order valence-electron chi connectivity index (χ4n) is 4.96. The maximum Gasteiger partial charge on any atom is 0.415 e. The topological polar surface area (TPSA) is 102 Å². The Hall–Kier alpha value is -3.80. The van der Waals surface area contributed by atoms with Crippen molar-refractivity contribution in [2.24, 2.45) is 0 Å². The highest BCUT2D eigenvalue weighted by molar-refractivity contribution is 6.31. The van der Waals surface area contributed by atoms with Gasteiger partial charge in [-0.1, -0.05) is 41.9 Å². The molecule has 8 nitrogen and oxygen atoms in total. The van der Waals surface area contributed by atoms with Gasteiger partial charge in [0.25, 0.3) is 5.91 Å². The van der Waals surface area contributed by atoms with E-state index in [0.29, 0.717) is 11.1 Å². The fraction of sp³-hybridized carbons (Fsp3) is 0.292. The van der Waals surface area contributed by atoms with Gasteiger partial charge in [-0.05, 0) is 30.5 Å². The Kier molecular flexibility index (Phi) is 6.01. The van der Waals surface area contributed by atoms with Crippen LogP contribution in [0.25, 0.3) is 0 Å². The highest BCUT2D eigenvalue weighted by Gasteiger charge is 2.49. The van der Waals surface area contributed by atoms with Crippen LogP contribution in [0.3, 0.4) is 0 Å². The number of carbonyl (C=O) groups excluding carboxylic acids is 2. The van der Waals surface area contributed by atoms with Gasteiger partial charge in [-0.2, -0.15) is 18.3 Å². The third-order valence-corrected chi connectivity index (χ3v) is 6.84. The quantitative estimate of drug-likeness (QED) is 0.452. The van der Waals surface area contributed by atoms with Gasteiger partial charge < -0.3 is 15.4 Å². The van der Waals surface area contributed by atoms with Crippen molar-refractivity contribution in [3.8, 4) is 0 Å². The summed E-state index contributed by atoms with van der Waals surface area (Å²) in [6.07, 6.45) is -4.09. The molecular weight excluding hydrogens is 518 g/mol. The molecule has 2 amide bonds. The number of benzene rings is 2. The summed E-state index contributed by atoms with van der Waals surface area (Å²) in [7, 11) is 0. The van der Waals surface area contributed by atoms with Crippen molar-refractivity contribution in [1.82, 2.24) is 14.7 Å². The number of nitrogen functional groups attached to an aromatic ring is 1. The Balaban J connectivity index is 1.50. The van der Waals surface area contributed by atoms with Crippen molar-refractivity contribution >= 4 is 35.1 Å². The number of rotatable bonds is 3. The number of fused-ring (bicyclic) bond motifs is 2. The number of hydrogen-bond acceptors (Lipinski definition) is 5. The van der Waals surface area contributed by atoms with Crippen LogP contribution in [0, 0.1) is 5.82 Å². The molecule has 37 heavy (non-hydrogen) atoms. The Labute approximate surface area is 212 Å². The van der Waals surface area contributed by atoms with E-state index in [9.17, 15) is 22.8 Å². The van der Waals surface area contributed by atoms with Crippen molar-refractivity contribution < 1.29 is 31.9 Å². The minimum atomic E-state index is -4.75. The number of hydrogen-bond donors (Lipinski definition) is 2. The van der Waals surface area contributed by atoms with Gasteiger partial charge in [0, 0.05) is 6.54 Å². The molecule has 0 bridgehead atoms. The molecule has 2 atom stereocenters. The molecule has 13 heteroatoms. The van der Waals surface area contributed by atoms with E-state index in [4.69, 9.17) is 22.1 Å². The van der Waals surface area contributed by atoms with Crippen LogP contribution >= 0.6 is 11.6 Å². The Morgan fingerprint density at radius 1 is 1.22 bits per heavy atom. The number of alkyl halides is 3. The first-order valence-corrected chi connectivity index (χ1v) is 11.6. The zero-order valence-electron chi connectivity index (χ0n) is 19.1. The van der Waals surface area contributed by atoms with Crippen molar-refractivity contribution in [2.75, 3.05) is 24.1 Å². The molecule has 0 aliphatic carbocycles. The van der Waals surface area contributed by atoms with Gasteiger partial charge in [0.15, 0.2) is 17.5 Å². The molecule has 3 N–H and O–H groups in total. The number of carbonyl (C=O) groups is 2. The highest BCUT2D eigenvalue weighted by atomic mass is 35.5. The van der Waals surface area contributed by atoms with E-state index in [2.05, 4.69) is 10.4 Å². The van der Waals surface area contributed by atoms with E-state index in [1.807, 2.05) is 0 Å². The Morgan fingerprint density at radius 2 is 1.95 bits per heavy atom. The summed E-state index contributed by atoms with van der Waals surface area (Å²) < 4.78 is 63.2. The van der Waals surface area contributed by atoms with Crippen LogP contribution in [0.5, 0.6) is 0 Å². The number of nitrogens with two attached hydrogens (primary N) is 1. The fourth-order valence-corrected chi connectivity index (χ4v) is 5.12. The van der Waals surface area contributed by atoms with E-state index in [-0.39, 0.29) is 46.9 Å². The normalized spacial score (nSPS) is 20.2. The summed E-state index contributed by atoms with van der Waals surface area (Å²) in [6, 6.07) is 7.58. The molecule has 194 valence electrons. The number of nitrogens with one attached hydrogen (secondary N) is 1. The summed E-state index contributed by atoms with van der Waals surface area (Å²) >= 11 is 5.98. The van der Waals surface area contributed by atoms with Gasteiger partial charge in [-0.3, -0.25) is 10.1 Å². The number of piperidine rings is 1. The maximum atomic E-state index is 15.1. The molecule has 2 aliphatic rings. The second-order valence-corrected chi connectivity index (χ2v) is 9.27. The molecular formula is C24H20ClF4N5O3. The van der Waals surface area contributed by atoms with Crippen molar-refractivity contribution in [2.45, 2.75) is 30.7 Å². The molecule has 0 unspecified atom stereocenters. The predicted octanol–water partition coefficient (Wildman–Crippen LogP) is 5.10. The van der Waals surface area contributed by atoms with Crippen LogP contribution in [0.15, 0.2) is 48.7 Å². The second kappa shape index (κ2) is 8.94. The molecule has 2 aliphatic heterocycles. The number of anilines is 2. The van der Waals surface area contributed by atoms with Crippen LogP contribution < -0.4 is 11.1 Å². The number of amides is 2. The van der Waals surface area contributed by atoms with Crippen molar-refractivity contribution in [3.63, 3.8) is 0 Å². The third-order valence-electron chi connectivity index (χ3n) is 6.55. The lowest BCUT2D eigenvalue weighted by Gasteiger charge is -2.45. The van der Waals surface area contributed by atoms with E-state index in [1.54, 1.807) is 6.07 Å². The number of ether oxygens (including phenoxy) is 1. The molecule has 3 aromatic rings. The van der Waals surface area contributed by atoms with Crippen molar-refractivity contribution in [1.29, 1.82) is 0 Å². The molecule has 0 saturated carbocycles. The van der Waals surface area contributed by atoms with E-state index < -0.39 is 41.5 Å². The average molecular weight is 538 g/mol. The average Bonchev–Trinajstić information content (AvgIpc) is 3.21. The lowest BCUT2D eigenvalue weighted by molar-refractivity contribution is -0.158. The largest absolute Gasteiger partial charge is 0.436 e. The monoisotopic (exact) mass is 537 g/mol. The lowest BCUT2D eigenvalue weighted by atomic mass is 9.83. The highest BCUT2D eigenvalue weighted by Crippen LogP contribution is 2.45.